The van der Waals surface area contributed by atoms with Crippen molar-refractivity contribution in [2.75, 3.05) is 33.7 Å². The summed E-state index contributed by atoms with van der Waals surface area (Å²) >= 11 is 0. The molecule has 1 N–H and O–H groups in total. The van der Waals surface area contributed by atoms with Gasteiger partial charge in [-0.15, -0.1) is 0 Å². The van der Waals surface area contributed by atoms with Gasteiger partial charge in [-0.2, -0.15) is 0 Å². The Bertz CT molecular complexity index is 232. The second-order valence-electron chi connectivity index (χ2n) is 5.95. The van der Waals surface area contributed by atoms with Gasteiger partial charge in [-0.1, -0.05) is 19.3 Å². The first-order valence-corrected chi connectivity index (χ1v) is 7.34. The smallest absolute Gasteiger partial charge is 0.0253 e. The van der Waals surface area contributed by atoms with Gasteiger partial charge in [0.05, 0.1) is 0 Å². The molecule has 3 unspecified atom stereocenters. The fraction of sp³-hybridized carbons (Fsp3) is 1.00. The molecule has 1 saturated heterocycles. The lowest BCUT2D eigenvalue weighted by Crippen LogP contribution is -2.59. The molecule has 1 aliphatic heterocycles. The number of nitrogens with zero attached hydrogens (tertiary/aromatic N) is 2. The third kappa shape index (κ3) is 3.21. The minimum Gasteiger partial charge on any atom is -0.315 e. The SMILES string of the molecule is CNC1CCCCCC1N1CCN(C)CC1C. The molecule has 0 spiro atoms. The summed E-state index contributed by atoms with van der Waals surface area (Å²) in [5.41, 5.74) is 0. The third-order valence-corrected chi connectivity index (χ3v) is 4.66. The van der Waals surface area contributed by atoms with Gasteiger partial charge >= 0.3 is 0 Å². The van der Waals surface area contributed by atoms with E-state index >= 15 is 0 Å². The molecule has 3 atom stereocenters. The van der Waals surface area contributed by atoms with Gasteiger partial charge in [0.25, 0.3) is 0 Å². The maximum absolute atomic E-state index is 3.57. The van der Waals surface area contributed by atoms with E-state index in [0.717, 1.165) is 6.04 Å². The van der Waals surface area contributed by atoms with Crippen molar-refractivity contribution < 1.29 is 0 Å². The number of nitrogens with one attached hydrogen (secondary N) is 1. The van der Waals surface area contributed by atoms with E-state index in [2.05, 4.69) is 36.1 Å². The van der Waals surface area contributed by atoms with Gasteiger partial charge in [0.2, 0.25) is 0 Å². The van der Waals surface area contributed by atoms with Crippen LogP contribution in [-0.2, 0) is 0 Å². The minimum absolute atomic E-state index is 0.711. The average molecular weight is 239 g/mol. The summed E-state index contributed by atoms with van der Waals surface area (Å²) in [4.78, 5) is 5.23. The summed E-state index contributed by atoms with van der Waals surface area (Å²) < 4.78 is 0. The quantitative estimate of drug-likeness (QED) is 0.738. The van der Waals surface area contributed by atoms with E-state index in [1.807, 2.05) is 0 Å². The molecule has 0 bridgehead atoms. The predicted molar refractivity (Wildman–Crippen MR) is 73.4 cm³/mol. The molecule has 2 aliphatic rings. The summed E-state index contributed by atoms with van der Waals surface area (Å²) in [6.45, 7) is 6.11. The first-order valence-electron chi connectivity index (χ1n) is 7.34. The third-order valence-electron chi connectivity index (χ3n) is 4.66. The van der Waals surface area contributed by atoms with Crippen molar-refractivity contribution in [3.8, 4) is 0 Å². The molecule has 0 aromatic carbocycles. The van der Waals surface area contributed by atoms with Crippen LogP contribution in [0.3, 0.4) is 0 Å². The molecule has 1 saturated carbocycles. The van der Waals surface area contributed by atoms with E-state index in [0.29, 0.717) is 12.1 Å². The predicted octanol–water partition coefficient (Wildman–Crippen LogP) is 1.54. The van der Waals surface area contributed by atoms with Gasteiger partial charge in [-0.05, 0) is 33.9 Å². The Morgan fingerprint density at radius 3 is 2.53 bits per heavy atom. The zero-order valence-corrected chi connectivity index (χ0v) is 11.8. The molecule has 1 aliphatic carbocycles. The second kappa shape index (κ2) is 6.17. The Hall–Kier alpha value is -0.120. The Morgan fingerprint density at radius 1 is 1.06 bits per heavy atom. The second-order valence-corrected chi connectivity index (χ2v) is 5.95. The zero-order chi connectivity index (χ0) is 12.3. The van der Waals surface area contributed by atoms with Gasteiger partial charge in [0.1, 0.15) is 0 Å². The zero-order valence-electron chi connectivity index (χ0n) is 11.8. The summed E-state index contributed by atoms with van der Waals surface area (Å²) in [7, 11) is 4.39. The standard InChI is InChI=1S/C14H29N3/c1-12-11-16(3)9-10-17(12)14-8-6-4-5-7-13(14)15-2/h12-15H,4-11H2,1-3H3. The molecule has 0 aromatic rings. The summed E-state index contributed by atoms with van der Waals surface area (Å²) in [6, 6.07) is 2.20. The van der Waals surface area contributed by atoms with Crippen LogP contribution in [0.25, 0.3) is 0 Å². The van der Waals surface area contributed by atoms with E-state index in [4.69, 9.17) is 0 Å². The Balaban J connectivity index is 2.02. The van der Waals surface area contributed by atoms with Crippen molar-refractivity contribution >= 4 is 0 Å². The lowest BCUT2D eigenvalue weighted by molar-refractivity contribution is 0.0429. The van der Waals surface area contributed by atoms with E-state index in [1.54, 1.807) is 0 Å². The molecule has 2 rings (SSSR count). The lowest BCUT2D eigenvalue weighted by atomic mass is 9.98. The van der Waals surface area contributed by atoms with Crippen LogP contribution < -0.4 is 5.32 Å². The largest absolute Gasteiger partial charge is 0.315 e. The fourth-order valence-corrected chi connectivity index (χ4v) is 3.67. The highest BCUT2D eigenvalue weighted by molar-refractivity contribution is 4.91. The van der Waals surface area contributed by atoms with Gasteiger partial charge in [0, 0.05) is 37.8 Å². The highest BCUT2D eigenvalue weighted by atomic mass is 15.3. The summed E-state index contributed by atoms with van der Waals surface area (Å²) in [5, 5.41) is 3.57. The fourth-order valence-electron chi connectivity index (χ4n) is 3.67. The lowest BCUT2D eigenvalue weighted by Gasteiger charge is -2.45. The van der Waals surface area contributed by atoms with Crippen molar-refractivity contribution in [1.82, 2.24) is 15.1 Å². The van der Waals surface area contributed by atoms with Crippen molar-refractivity contribution in [2.45, 2.75) is 57.2 Å². The van der Waals surface area contributed by atoms with Gasteiger partial charge < -0.3 is 10.2 Å². The topological polar surface area (TPSA) is 18.5 Å². The van der Waals surface area contributed by atoms with Crippen LogP contribution in [0.15, 0.2) is 0 Å². The normalized spacial score (nSPS) is 37.9. The molecule has 100 valence electrons. The Kier molecular flexibility index (Phi) is 4.83. The van der Waals surface area contributed by atoms with Crippen LogP contribution in [0.1, 0.15) is 39.0 Å². The van der Waals surface area contributed by atoms with E-state index < -0.39 is 0 Å². The number of rotatable bonds is 2. The molecule has 3 nitrogen and oxygen atoms in total. The molecule has 17 heavy (non-hydrogen) atoms. The number of hydrogen-bond acceptors (Lipinski definition) is 3. The average Bonchev–Trinajstić information content (AvgIpc) is 2.54. The van der Waals surface area contributed by atoms with Crippen LogP contribution in [0.4, 0.5) is 0 Å². The number of piperazine rings is 1. The molecular formula is C14H29N3. The molecule has 2 fully saturated rings. The van der Waals surface area contributed by atoms with Crippen molar-refractivity contribution in [3.63, 3.8) is 0 Å². The molecule has 3 heteroatoms. The van der Waals surface area contributed by atoms with Crippen LogP contribution in [0.2, 0.25) is 0 Å². The van der Waals surface area contributed by atoms with Gasteiger partial charge in [-0.25, -0.2) is 0 Å². The van der Waals surface area contributed by atoms with Crippen LogP contribution >= 0.6 is 0 Å². The first-order chi connectivity index (χ1) is 8.22. The van der Waals surface area contributed by atoms with Gasteiger partial charge in [-0.3, -0.25) is 4.90 Å². The maximum Gasteiger partial charge on any atom is 0.0253 e. The molecule has 0 aromatic heterocycles. The Labute approximate surface area is 107 Å². The van der Waals surface area contributed by atoms with E-state index in [9.17, 15) is 0 Å². The van der Waals surface area contributed by atoms with Crippen LogP contribution in [0, 0.1) is 0 Å². The van der Waals surface area contributed by atoms with E-state index in [-0.39, 0.29) is 0 Å². The van der Waals surface area contributed by atoms with Crippen molar-refractivity contribution in [3.05, 3.63) is 0 Å². The van der Waals surface area contributed by atoms with Gasteiger partial charge in [0.15, 0.2) is 0 Å². The minimum atomic E-state index is 0.711. The highest BCUT2D eigenvalue weighted by Gasteiger charge is 2.32. The van der Waals surface area contributed by atoms with Crippen LogP contribution in [0.5, 0.6) is 0 Å². The van der Waals surface area contributed by atoms with Crippen LogP contribution in [-0.4, -0.2) is 61.7 Å². The molecule has 0 amide bonds. The molecule has 1 heterocycles. The number of hydrogen-bond donors (Lipinski definition) is 1. The Morgan fingerprint density at radius 2 is 1.82 bits per heavy atom. The highest BCUT2D eigenvalue weighted by Crippen LogP contribution is 2.25. The van der Waals surface area contributed by atoms with Crippen molar-refractivity contribution in [1.29, 1.82) is 0 Å². The number of likely N-dealkylation sites (N-methyl/N-ethyl adjacent to an activating group) is 2. The first kappa shape index (κ1) is 13.3. The summed E-state index contributed by atoms with van der Waals surface area (Å²) in [5.74, 6) is 0. The molecular weight excluding hydrogens is 210 g/mol. The van der Waals surface area contributed by atoms with Crippen molar-refractivity contribution in [2.24, 2.45) is 0 Å². The maximum atomic E-state index is 3.57. The van der Waals surface area contributed by atoms with E-state index in [1.165, 1.54) is 51.7 Å². The molecule has 0 radical (unpaired) electrons. The monoisotopic (exact) mass is 239 g/mol. The summed E-state index contributed by atoms with van der Waals surface area (Å²) in [6.07, 6.45) is 7.00.